The van der Waals surface area contributed by atoms with E-state index in [2.05, 4.69) is 42.5 Å². The van der Waals surface area contributed by atoms with Crippen molar-refractivity contribution in [2.75, 3.05) is 16.8 Å². The Morgan fingerprint density at radius 3 is 2.35 bits per heavy atom. The Kier molecular flexibility index (Phi) is 7.89. The maximum Gasteiger partial charge on any atom is 0.335 e. The van der Waals surface area contributed by atoms with E-state index >= 15 is 0 Å². The molecule has 4 rings (SSSR count). The highest BCUT2D eigenvalue weighted by Crippen LogP contribution is 2.28. The first-order valence-electron chi connectivity index (χ1n) is 11.1. The topological polar surface area (TPSA) is 105 Å². The molecular formula is C27H21Br2N3O5. The minimum absolute atomic E-state index is 0.259. The molecule has 2 N–H and O–H groups in total. The molecule has 188 valence electrons. The van der Waals surface area contributed by atoms with Gasteiger partial charge < -0.3 is 10.1 Å². The van der Waals surface area contributed by atoms with Gasteiger partial charge in [-0.2, -0.15) is 0 Å². The predicted molar refractivity (Wildman–Crippen MR) is 147 cm³/mol. The van der Waals surface area contributed by atoms with Crippen molar-refractivity contribution in [3.05, 3.63) is 91.9 Å². The number of anilines is 2. The van der Waals surface area contributed by atoms with Crippen LogP contribution in [0.4, 0.5) is 16.2 Å². The molecule has 0 radical (unpaired) electrons. The molecule has 1 aliphatic heterocycles. The molecule has 1 fully saturated rings. The number of aryl methyl sites for hydroxylation is 2. The standard InChI is InChI=1S/C27H21Br2N3O5/c1-15-3-7-20(11-16(15)2)30-24(33)14-37-23-10-6-19(29)12-17(23)13-22-25(34)31-27(36)32(26(22)35)21-8-4-18(28)5-9-21/h3-13H,14H2,1-2H3,(H,30,33)(H,31,34,36)/b22-13+. The van der Waals surface area contributed by atoms with Gasteiger partial charge in [-0.15, -0.1) is 0 Å². The van der Waals surface area contributed by atoms with Gasteiger partial charge in [-0.3, -0.25) is 19.7 Å². The van der Waals surface area contributed by atoms with Crippen LogP contribution in [-0.2, 0) is 14.4 Å². The second-order valence-corrected chi connectivity index (χ2v) is 10.1. The average Bonchev–Trinajstić information content (AvgIpc) is 2.84. The van der Waals surface area contributed by atoms with Crippen molar-refractivity contribution in [3.8, 4) is 5.75 Å². The number of imide groups is 2. The van der Waals surface area contributed by atoms with Crippen LogP contribution in [0.15, 0.2) is 75.2 Å². The van der Waals surface area contributed by atoms with E-state index in [1.54, 1.807) is 42.5 Å². The molecular weight excluding hydrogens is 606 g/mol. The summed E-state index contributed by atoms with van der Waals surface area (Å²) in [6.07, 6.45) is 1.33. The van der Waals surface area contributed by atoms with Crippen LogP contribution >= 0.6 is 31.9 Å². The van der Waals surface area contributed by atoms with Crippen LogP contribution in [0, 0.1) is 13.8 Å². The summed E-state index contributed by atoms with van der Waals surface area (Å²) in [7, 11) is 0. The first-order chi connectivity index (χ1) is 17.6. The van der Waals surface area contributed by atoms with Gasteiger partial charge in [0.2, 0.25) is 0 Å². The summed E-state index contributed by atoms with van der Waals surface area (Å²) in [5.74, 6) is -1.71. The normalized spacial score (nSPS) is 14.5. The Balaban J connectivity index is 1.57. The van der Waals surface area contributed by atoms with Gasteiger partial charge >= 0.3 is 6.03 Å². The molecule has 1 heterocycles. The summed E-state index contributed by atoms with van der Waals surface area (Å²) in [4.78, 5) is 51.6. The molecule has 10 heteroatoms. The van der Waals surface area contributed by atoms with Crippen molar-refractivity contribution in [1.29, 1.82) is 0 Å². The van der Waals surface area contributed by atoms with Crippen molar-refractivity contribution < 1.29 is 23.9 Å². The lowest BCUT2D eigenvalue weighted by Crippen LogP contribution is -2.54. The van der Waals surface area contributed by atoms with Gasteiger partial charge in [0.15, 0.2) is 6.61 Å². The molecule has 8 nitrogen and oxygen atoms in total. The third kappa shape index (κ3) is 6.15. The summed E-state index contributed by atoms with van der Waals surface area (Å²) < 4.78 is 7.16. The van der Waals surface area contributed by atoms with Crippen molar-refractivity contribution in [3.63, 3.8) is 0 Å². The van der Waals surface area contributed by atoms with Gasteiger partial charge in [-0.05, 0) is 85.6 Å². The summed E-state index contributed by atoms with van der Waals surface area (Å²) in [6, 6.07) is 16.2. The lowest BCUT2D eigenvalue weighted by molar-refractivity contribution is -0.122. The predicted octanol–water partition coefficient (Wildman–Crippen LogP) is 5.51. The third-order valence-corrected chi connectivity index (χ3v) is 6.63. The molecule has 1 aliphatic rings. The fourth-order valence-electron chi connectivity index (χ4n) is 3.56. The van der Waals surface area contributed by atoms with Crippen molar-refractivity contribution in [1.82, 2.24) is 5.32 Å². The summed E-state index contributed by atoms with van der Waals surface area (Å²) in [5, 5.41) is 4.98. The molecule has 3 aromatic carbocycles. The van der Waals surface area contributed by atoms with Gasteiger partial charge in [-0.25, -0.2) is 9.69 Å². The van der Waals surface area contributed by atoms with Gasteiger partial charge in [0, 0.05) is 20.2 Å². The van der Waals surface area contributed by atoms with Gasteiger partial charge in [0.05, 0.1) is 5.69 Å². The van der Waals surface area contributed by atoms with E-state index in [4.69, 9.17) is 4.74 Å². The van der Waals surface area contributed by atoms with Crippen LogP contribution in [0.3, 0.4) is 0 Å². The quantitative estimate of drug-likeness (QED) is 0.277. The van der Waals surface area contributed by atoms with Crippen molar-refractivity contribution >= 4 is 73.1 Å². The SMILES string of the molecule is Cc1ccc(NC(=O)COc2ccc(Br)cc2/C=C2\C(=O)NC(=O)N(c3ccc(Br)cc3)C2=O)cc1C. The molecule has 0 aromatic heterocycles. The number of nitrogens with one attached hydrogen (secondary N) is 2. The number of amides is 5. The van der Waals surface area contributed by atoms with Crippen LogP contribution in [0.2, 0.25) is 0 Å². The first-order valence-corrected chi connectivity index (χ1v) is 12.7. The van der Waals surface area contributed by atoms with E-state index < -0.39 is 17.8 Å². The number of carbonyl (C=O) groups is 4. The van der Waals surface area contributed by atoms with Crippen LogP contribution in [-0.4, -0.2) is 30.4 Å². The summed E-state index contributed by atoms with van der Waals surface area (Å²) >= 11 is 6.69. The highest BCUT2D eigenvalue weighted by Gasteiger charge is 2.37. The average molecular weight is 627 g/mol. The fourth-order valence-corrected chi connectivity index (χ4v) is 4.20. The number of urea groups is 1. The number of benzene rings is 3. The van der Waals surface area contributed by atoms with Crippen LogP contribution in [0.5, 0.6) is 5.75 Å². The summed E-state index contributed by atoms with van der Waals surface area (Å²) in [5.41, 5.74) is 3.23. The van der Waals surface area contributed by atoms with E-state index in [0.29, 0.717) is 21.4 Å². The van der Waals surface area contributed by atoms with Gasteiger partial charge in [-0.1, -0.05) is 37.9 Å². The Labute approximate surface area is 229 Å². The largest absolute Gasteiger partial charge is 0.483 e. The molecule has 0 atom stereocenters. The number of halogens is 2. The number of hydrogen-bond acceptors (Lipinski definition) is 5. The third-order valence-electron chi connectivity index (χ3n) is 5.61. The smallest absolute Gasteiger partial charge is 0.335 e. The van der Waals surface area contributed by atoms with E-state index in [1.165, 1.54) is 6.08 Å². The van der Waals surface area contributed by atoms with Crippen LogP contribution in [0.1, 0.15) is 16.7 Å². The van der Waals surface area contributed by atoms with E-state index in [0.717, 1.165) is 20.5 Å². The van der Waals surface area contributed by atoms with E-state index in [-0.39, 0.29) is 23.8 Å². The van der Waals surface area contributed by atoms with Crippen LogP contribution < -0.4 is 20.3 Å². The Bertz CT molecular complexity index is 1450. The minimum Gasteiger partial charge on any atom is -0.483 e. The second-order valence-electron chi connectivity index (χ2n) is 8.25. The molecule has 0 bridgehead atoms. The van der Waals surface area contributed by atoms with Crippen LogP contribution in [0.25, 0.3) is 6.08 Å². The van der Waals surface area contributed by atoms with Crippen molar-refractivity contribution in [2.24, 2.45) is 0 Å². The highest BCUT2D eigenvalue weighted by atomic mass is 79.9. The number of nitrogens with zero attached hydrogens (tertiary/aromatic N) is 1. The summed E-state index contributed by atoms with van der Waals surface area (Å²) in [6.45, 7) is 3.64. The zero-order valence-electron chi connectivity index (χ0n) is 19.8. The second kappa shape index (κ2) is 11.1. The van der Waals surface area contributed by atoms with Gasteiger partial charge in [0.1, 0.15) is 11.3 Å². The molecule has 0 unspecified atom stereocenters. The highest BCUT2D eigenvalue weighted by molar-refractivity contribution is 9.10. The number of rotatable bonds is 6. The van der Waals surface area contributed by atoms with E-state index in [1.807, 2.05) is 32.0 Å². The molecule has 1 saturated heterocycles. The molecule has 5 amide bonds. The fraction of sp³-hybridized carbons (Fsp3) is 0.111. The zero-order chi connectivity index (χ0) is 26.7. The van der Waals surface area contributed by atoms with Crippen molar-refractivity contribution in [2.45, 2.75) is 13.8 Å². The Morgan fingerprint density at radius 1 is 0.946 bits per heavy atom. The monoisotopic (exact) mass is 625 g/mol. The molecule has 0 saturated carbocycles. The van der Waals surface area contributed by atoms with E-state index in [9.17, 15) is 19.2 Å². The molecule has 0 spiro atoms. The molecule has 37 heavy (non-hydrogen) atoms. The lowest BCUT2D eigenvalue weighted by Gasteiger charge is -2.26. The zero-order valence-corrected chi connectivity index (χ0v) is 23.0. The number of ether oxygens (including phenoxy) is 1. The van der Waals surface area contributed by atoms with Gasteiger partial charge in [0.25, 0.3) is 17.7 Å². The number of barbiturate groups is 1. The molecule has 0 aliphatic carbocycles. The minimum atomic E-state index is -0.844. The number of hydrogen-bond donors (Lipinski definition) is 2. The Hall–Kier alpha value is -3.76. The lowest BCUT2D eigenvalue weighted by atomic mass is 10.1. The Morgan fingerprint density at radius 2 is 1.65 bits per heavy atom. The maximum absolute atomic E-state index is 13.2. The molecule has 3 aromatic rings. The number of carbonyl (C=O) groups excluding carboxylic acids is 4. The first kappa shape index (κ1) is 26.3. The maximum atomic E-state index is 13.2.